The van der Waals surface area contributed by atoms with Crippen LogP contribution >= 0.6 is 11.6 Å². The van der Waals surface area contributed by atoms with Gasteiger partial charge in [0, 0.05) is 11.8 Å². The standard InChI is InChI=1S/C7H7ClO2/c1-2-7(9)10-6-4-3-5-8/h1,3-4H,5-6H2/b4-3+. The van der Waals surface area contributed by atoms with E-state index in [-0.39, 0.29) is 6.61 Å². The molecular weight excluding hydrogens is 152 g/mol. The minimum absolute atomic E-state index is 0.190. The number of esters is 1. The maximum absolute atomic E-state index is 10.2. The second-order valence-corrected chi connectivity index (χ2v) is 1.68. The van der Waals surface area contributed by atoms with Crippen LogP contribution in [0.4, 0.5) is 0 Å². The fraction of sp³-hybridized carbons (Fsp3) is 0.286. The van der Waals surface area contributed by atoms with E-state index in [2.05, 4.69) is 4.74 Å². The van der Waals surface area contributed by atoms with Crippen molar-refractivity contribution in [2.45, 2.75) is 0 Å². The highest BCUT2D eigenvalue weighted by Crippen LogP contribution is 1.80. The average Bonchev–Trinajstić information content (AvgIpc) is 1.98. The van der Waals surface area contributed by atoms with Crippen molar-refractivity contribution in [2.75, 3.05) is 12.5 Å². The van der Waals surface area contributed by atoms with Gasteiger partial charge in [-0.25, -0.2) is 4.79 Å². The summed E-state index contributed by atoms with van der Waals surface area (Å²) in [4.78, 5) is 10.2. The zero-order valence-electron chi connectivity index (χ0n) is 5.34. The maximum Gasteiger partial charge on any atom is 0.384 e. The number of halogens is 1. The number of rotatable bonds is 3. The number of alkyl halides is 1. The summed E-state index contributed by atoms with van der Waals surface area (Å²) in [6.07, 6.45) is 8.01. The molecular formula is C7H7ClO2. The third-order valence-electron chi connectivity index (χ3n) is 0.684. The molecule has 0 radical (unpaired) electrons. The molecule has 0 aromatic rings. The number of hydrogen-bond acceptors (Lipinski definition) is 2. The summed E-state index contributed by atoms with van der Waals surface area (Å²) in [5.41, 5.74) is 0. The van der Waals surface area contributed by atoms with Crippen molar-refractivity contribution < 1.29 is 9.53 Å². The van der Waals surface area contributed by atoms with Gasteiger partial charge >= 0.3 is 5.97 Å². The lowest BCUT2D eigenvalue weighted by molar-refractivity contribution is -0.135. The molecule has 0 saturated heterocycles. The largest absolute Gasteiger partial charge is 0.452 e. The molecule has 0 aromatic carbocycles. The lowest BCUT2D eigenvalue weighted by atomic mass is 10.5. The van der Waals surface area contributed by atoms with Gasteiger partial charge in [0.05, 0.1) is 0 Å². The van der Waals surface area contributed by atoms with Gasteiger partial charge in [-0.2, -0.15) is 0 Å². The SMILES string of the molecule is C#CC(=O)OC/C=C/CCl. The number of hydrogen-bond donors (Lipinski definition) is 0. The zero-order chi connectivity index (χ0) is 7.82. The van der Waals surface area contributed by atoms with Crippen molar-refractivity contribution in [3.8, 4) is 12.3 Å². The molecule has 0 fully saturated rings. The number of allylic oxidation sites excluding steroid dienone is 1. The first-order valence-electron chi connectivity index (χ1n) is 2.65. The van der Waals surface area contributed by atoms with Gasteiger partial charge in [-0.15, -0.1) is 18.0 Å². The van der Waals surface area contributed by atoms with Crippen LogP contribution < -0.4 is 0 Å². The molecule has 2 nitrogen and oxygen atoms in total. The van der Waals surface area contributed by atoms with E-state index in [9.17, 15) is 4.79 Å². The van der Waals surface area contributed by atoms with Crippen molar-refractivity contribution >= 4 is 17.6 Å². The summed E-state index contributed by atoms with van der Waals surface area (Å²) < 4.78 is 4.47. The lowest BCUT2D eigenvalue weighted by Crippen LogP contribution is -1.99. The molecule has 0 aliphatic rings. The van der Waals surface area contributed by atoms with Gasteiger partial charge in [0.15, 0.2) is 0 Å². The molecule has 54 valence electrons. The van der Waals surface area contributed by atoms with E-state index in [0.717, 1.165) is 0 Å². The second-order valence-electron chi connectivity index (χ2n) is 1.37. The van der Waals surface area contributed by atoms with Crippen LogP contribution in [-0.4, -0.2) is 18.5 Å². The Bertz CT molecular complexity index is 167. The van der Waals surface area contributed by atoms with Crippen LogP contribution in [0.1, 0.15) is 0 Å². The molecule has 0 atom stereocenters. The van der Waals surface area contributed by atoms with E-state index in [0.29, 0.717) is 5.88 Å². The third kappa shape index (κ3) is 5.20. The summed E-state index contributed by atoms with van der Waals surface area (Å²) in [6, 6.07) is 0. The van der Waals surface area contributed by atoms with Crippen LogP contribution in [0.5, 0.6) is 0 Å². The third-order valence-corrected chi connectivity index (χ3v) is 0.862. The molecule has 0 heterocycles. The van der Waals surface area contributed by atoms with Crippen LogP contribution in [0.15, 0.2) is 12.2 Å². The Hall–Kier alpha value is -0.940. The summed E-state index contributed by atoms with van der Waals surface area (Å²) in [7, 11) is 0. The highest BCUT2D eigenvalue weighted by molar-refractivity contribution is 6.18. The van der Waals surface area contributed by atoms with E-state index in [4.69, 9.17) is 18.0 Å². The van der Waals surface area contributed by atoms with Crippen LogP contribution in [0.3, 0.4) is 0 Å². The fourth-order valence-electron chi connectivity index (χ4n) is 0.297. The van der Waals surface area contributed by atoms with E-state index in [1.54, 1.807) is 12.2 Å². The molecule has 10 heavy (non-hydrogen) atoms. The van der Waals surface area contributed by atoms with Crippen molar-refractivity contribution in [3.63, 3.8) is 0 Å². The highest BCUT2D eigenvalue weighted by atomic mass is 35.5. The monoisotopic (exact) mass is 158 g/mol. The minimum Gasteiger partial charge on any atom is -0.452 e. The van der Waals surface area contributed by atoms with Crippen molar-refractivity contribution in [2.24, 2.45) is 0 Å². The molecule has 0 aromatic heterocycles. The Kier molecular flexibility index (Phi) is 5.60. The van der Waals surface area contributed by atoms with Gasteiger partial charge in [0.1, 0.15) is 6.61 Å². The molecule has 0 bridgehead atoms. The molecule has 0 unspecified atom stereocenters. The molecule has 0 amide bonds. The molecule has 0 aliphatic heterocycles. The van der Waals surface area contributed by atoms with Crippen LogP contribution in [-0.2, 0) is 9.53 Å². The number of carbonyl (C=O) groups is 1. The topological polar surface area (TPSA) is 26.3 Å². The Morgan fingerprint density at radius 2 is 2.40 bits per heavy atom. The van der Waals surface area contributed by atoms with Gasteiger partial charge in [-0.3, -0.25) is 0 Å². The molecule has 0 spiro atoms. The van der Waals surface area contributed by atoms with Gasteiger partial charge in [-0.05, 0) is 0 Å². The Morgan fingerprint density at radius 1 is 1.70 bits per heavy atom. The quantitative estimate of drug-likeness (QED) is 0.201. The van der Waals surface area contributed by atoms with Crippen LogP contribution in [0.25, 0.3) is 0 Å². The summed E-state index contributed by atoms with van der Waals surface area (Å²) in [5, 5.41) is 0. The predicted octanol–water partition coefficient (Wildman–Crippen LogP) is 0.958. The summed E-state index contributed by atoms with van der Waals surface area (Å²) in [5.74, 6) is 1.57. The minimum atomic E-state index is -0.653. The van der Waals surface area contributed by atoms with E-state index in [1.807, 2.05) is 5.92 Å². The number of terminal acetylenes is 1. The number of ether oxygens (including phenoxy) is 1. The van der Waals surface area contributed by atoms with Gasteiger partial charge in [0.25, 0.3) is 0 Å². The van der Waals surface area contributed by atoms with Gasteiger partial charge < -0.3 is 4.74 Å². The first kappa shape index (κ1) is 9.06. The maximum atomic E-state index is 10.2. The predicted molar refractivity (Wildman–Crippen MR) is 39.7 cm³/mol. The first-order valence-corrected chi connectivity index (χ1v) is 3.19. The van der Waals surface area contributed by atoms with Gasteiger partial charge in [-0.1, -0.05) is 12.2 Å². The van der Waals surface area contributed by atoms with E-state index >= 15 is 0 Å². The van der Waals surface area contributed by atoms with Gasteiger partial charge in [0.2, 0.25) is 0 Å². The van der Waals surface area contributed by atoms with Crippen LogP contribution in [0, 0.1) is 12.3 Å². The Morgan fingerprint density at radius 3 is 2.90 bits per heavy atom. The van der Waals surface area contributed by atoms with E-state index in [1.165, 1.54) is 0 Å². The molecule has 0 saturated carbocycles. The van der Waals surface area contributed by atoms with Crippen LogP contribution in [0.2, 0.25) is 0 Å². The average molecular weight is 159 g/mol. The molecule has 0 aliphatic carbocycles. The summed E-state index contributed by atoms with van der Waals surface area (Å²) in [6.45, 7) is 0.190. The molecule has 0 rings (SSSR count). The lowest BCUT2D eigenvalue weighted by Gasteiger charge is -1.91. The summed E-state index contributed by atoms with van der Waals surface area (Å²) >= 11 is 5.28. The van der Waals surface area contributed by atoms with E-state index < -0.39 is 5.97 Å². The highest BCUT2D eigenvalue weighted by Gasteiger charge is 1.89. The van der Waals surface area contributed by atoms with Crippen molar-refractivity contribution in [1.29, 1.82) is 0 Å². The Balaban J connectivity index is 3.30. The normalized spacial score (nSPS) is 9.20. The first-order chi connectivity index (χ1) is 4.81. The second kappa shape index (κ2) is 6.18. The van der Waals surface area contributed by atoms with Crippen molar-refractivity contribution in [3.05, 3.63) is 12.2 Å². The smallest absolute Gasteiger partial charge is 0.384 e. The Labute approximate surface area is 64.8 Å². The van der Waals surface area contributed by atoms with Crippen molar-refractivity contribution in [1.82, 2.24) is 0 Å². The molecule has 3 heteroatoms. The molecule has 0 N–H and O–H groups in total. The zero-order valence-corrected chi connectivity index (χ0v) is 6.10. The number of carbonyl (C=O) groups excluding carboxylic acids is 1. The fourth-order valence-corrected chi connectivity index (χ4v) is 0.422.